The average molecular weight is 448 g/mol. The van der Waals surface area contributed by atoms with Crippen LogP contribution in [-0.4, -0.2) is 51.8 Å². The van der Waals surface area contributed by atoms with Gasteiger partial charge >= 0.3 is 11.7 Å². The number of carboxylic acid groups (broad SMARTS) is 1. The molecule has 1 saturated carbocycles. The lowest BCUT2D eigenvalue weighted by Gasteiger charge is -2.17. The highest BCUT2D eigenvalue weighted by Crippen LogP contribution is 2.23. The highest BCUT2D eigenvalue weighted by molar-refractivity contribution is 5.68. The van der Waals surface area contributed by atoms with Crippen molar-refractivity contribution in [3.63, 3.8) is 0 Å². The lowest BCUT2D eigenvalue weighted by Crippen LogP contribution is -2.26. The molecule has 5 N–H and O–H groups in total. The second-order valence-corrected chi connectivity index (χ2v) is 7.73. The fraction of sp³-hybridized carbons (Fsp3) is 0.238. The molecule has 1 aromatic carbocycles. The molecule has 3 heterocycles. The highest BCUT2D eigenvalue weighted by atomic mass is 16.4. The maximum atomic E-state index is 11.5. The van der Waals surface area contributed by atoms with E-state index in [1.54, 1.807) is 0 Å². The maximum absolute atomic E-state index is 11.5. The maximum Gasteiger partial charge on any atom is 0.326 e. The number of aromatic hydroxyl groups is 1. The van der Waals surface area contributed by atoms with E-state index in [-0.39, 0.29) is 30.0 Å². The zero-order valence-electron chi connectivity index (χ0n) is 17.3. The molecular formula is C21H20N8O4. The molecule has 1 atom stereocenters. The Morgan fingerprint density at radius 3 is 2.73 bits per heavy atom. The van der Waals surface area contributed by atoms with Crippen molar-refractivity contribution in [3.05, 3.63) is 69.1 Å². The van der Waals surface area contributed by atoms with Gasteiger partial charge in [-0.3, -0.25) is 9.78 Å². The van der Waals surface area contributed by atoms with Crippen LogP contribution >= 0.6 is 0 Å². The predicted octanol–water partition coefficient (Wildman–Crippen LogP) is 0.0850. The monoisotopic (exact) mass is 448 g/mol. The number of aromatic amines is 2. The number of hydrogen-bond donors (Lipinski definition) is 5. The van der Waals surface area contributed by atoms with Crippen LogP contribution in [0.2, 0.25) is 0 Å². The van der Waals surface area contributed by atoms with Gasteiger partial charge < -0.3 is 20.5 Å². The number of carboxylic acids is 1. The van der Waals surface area contributed by atoms with Crippen LogP contribution in [0.15, 0.2) is 46.3 Å². The van der Waals surface area contributed by atoms with Crippen molar-refractivity contribution in [3.8, 4) is 5.88 Å². The number of rotatable bonds is 7. The van der Waals surface area contributed by atoms with E-state index in [4.69, 9.17) is 0 Å². The summed E-state index contributed by atoms with van der Waals surface area (Å²) in [7, 11) is 0. The number of anilines is 1. The Balaban J connectivity index is 1.63. The summed E-state index contributed by atoms with van der Waals surface area (Å²) in [5, 5.41) is 27.3. The summed E-state index contributed by atoms with van der Waals surface area (Å²) < 4.78 is 1.48. The second kappa shape index (κ2) is 8.22. The molecule has 1 aliphatic carbocycles. The standard InChI is InChI=1S/C21H20N8O4/c30-16(31)9-14(11-4-2-1-3-5-11)24-19-26-17-12(8-15-18(32)27-21(33)25-15)10-22-29(17)20(28-19)23-13-6-7-13/h1-5,8,10,13-14,32H,6-7,9H2,(H,30,31)(H,23,24,28)(H2,25,27,33)/b12-8+. The summed E-state index contributed by atoms with van der Waals surface area (Å²) in [5.74, 6) is -1.08. The lowest BCUT2D eigenvalue weighted by molar-refractivity contribution is -0.137. The van der Waals surface area contributed by atoms with E-state index < -0.39 is 17.7 Å². The second-order valence-electron chi connectivity index (χ2n) is 7.73. The zero-order valence-corrected chi connectivity index (χ0v) is 17.3. The first-order valence-corrected chi connectivity index (χ1v) is 10.3. The van der Waals surface area contributed by atoms with Crippen LogP contribution in [0.25, 0.3) is 11.7 Å². The SMILES string of the molecule is O=C(O)CC(Nc1nc(=NC2CC2)n2nc/c(=C\c3[nH]c(=O)[nH]c3O)c2n1)c1ccccc1. The Kier molecular flexibility index (Phi) is 5.09. The van der Waals surface area contributed by atoms with Crippen LogP contribution in [-0.2, 0) is 4.79 Å². The van der Waals surface area contributed by atoms with E-state index in [0.717, 1.165) is 18.4 Å². The number of carbonyl (C=O) groups is 1. The number of nitrogens with one attached hydrogen (secondary N) is 3. The van der Waals surface area contributed by atoms with Gasteiger partial charge in [0.05, 0.1) is 24.7 Å². The van der Waals surface area contributed by atoms with Crippen molar-refractivity contribution >= 4 is 23.6 Å². The molecule has 1 fully saturated rings. The van der Waals surface area contributed by atoms with Crippen LogP contribution in [0.3, 0.4) is 0 Å². The normalized spacial score (nSPS) is 15.8. The number of aliphatic carboxylic acids is 1. The fourth-order valence-electron chi connectivity index (χ4n) is 3.41. The Labute approximate surface area is 185 Å². The molecule has 12 heteroatoms. The Hall–Kier alpha value is -4.48. The van der Waals surface area contributed by atoms with E-state index in [1.807, 2.05) is 30.3 Å². The molecule has 0 aliphatic heterocycles. The van der Waals surface area contributed by atoms with Gasteiger partial charge in [0.2, 0.25) is 11.8 Å². The predicted molar refractivity (Wildman–Crippen MR) is 116 cm³/mol. The van der Waals surface area contributed by atoms with Crippen LogP contribution in [0.5, 0.6) is 5.88 Å². The van der Waals surface area contributed by atoms with Crippen LogP contribution < -0.4 is 21.8 Å². The van der Waals surface area contributed by atoms with Crippen LogP contribution in [0, 0.1) is 0 Å². The van der Waals surface area contributed by atoms with Crippen molar-refractivity contribution in [2.24, 2.45) is 4.99 Å². The molecule has 1 unspecified atom stereocenters. The van der Waals surface area contributed by atoms with Gasteiger partial charge in [-0.05, 0) is 24.5 Å². The number of aromatic nitrogens is 6. The summed E-state index contributed by atoms with van der Waals surface area (Å²) in [5.41, 5.74) is 1.13. The number of H-pyrrole nitrogens is 2. The summed E-state index contributed by atoms with van der Waals surface area (Å²) in [4.78, 5) is 41.3. The molecule has 33 heavy (non-hydrogen) atoms. The largest absolute Gasteiger partial charge is 0.493 e. The average Bonchev–Trinajstić information content (AvgIpc) is 3.42. The van der Waals surface area contributed by atoms with Crippen molar-refractivity contribution in [1.82, 2.24) is 29.5 Å². The highest BCUT2D eigenvalue weighted by Gasteiger charge is 2.22. The number of fused-ring (bicyclic) bond motifs is 1. The topological polar surface area (TPSA) is 174 Å². The van der Waals surface area contributed by atoms with Gasteiger partial charge in [0.25, 0.3) is 5.62 Å². The van der Waals surface area contributed by atoms with Crippen molar-refractivity contribution in [2.75, 3.05) is 5.32 Å². The smallest absolute Gasteiger partial charge is 0.326 e. The zero-order chi connectivity index (χ0) is 22.9. The van der Waals surface area contributed by atoms with Gasteiger partial charge in [0.1, 0.15) is 5.69 Å². The third-order valence-corrected chi connectivity index (χ3v) is 5.14. The molecule has 5 rings (SSSR count). The molecule has 0 saturated heterocycles. The van der Waals surface area contributed by atoms with E-state index in [2.05, 4.69) is 35.3 Å². The Morgan fingerprint density at radius 1 is 1.27 bits per heavy atom. The van der Waals surface area contributed by atoms with E-state index in [1.165, 1.54) is 16.8 Å². The summed E-state index contributed by atoms with van der Waals surface area (Å²) in [6.07, 6.45) is 4.79. The van der Waals surface area contributed by atoms with Gasteiger partial charge in [-0.2, -0.15) is 19.6 Å². The van der Waals surface area contributed by atoms with Crippen LogP contribution in [0.1, 0.15) is 36.6 Å². The minimum atomic E-state index is -0.967. The molecule has 1 aliphatic rings. The van der Waals surface area contributed by atoms with E-state index >= 15 is 0 Å². The number of nitrogens with zero attached hydrogens (tertiary/aromatic N) is 5. The Morgan fingerprint density at radius 2 is 2.06 bits per heavy atom. The third kappa shape index (κ3) is 4.44. The van der Waals surface area contributed by atoms with E-state index in [0.29, 0.717) is 16.5 Å². The van der Waals surface area contributed by atoms with Gasteiger partial charge in [-0.25, -0.2) is 9.79 Å². The summed E-state index contributed by atoms with van der Waals surface area (Å²) in [6, 6.07) is 8.76. The fourth-order valence-corrected chi connectivity index (χ4v) is 3.41. The summed E-state index contributed by atoms with van der Waals surface area (Å²) in [6.45, 7) is 0. The van der Waals surface area contributed by atoms with Gasteiger partial charge in [0.15, 0.2) is 5.65 Å². The molecule has 0 amide bonds. The number of imidazole rings is 1. The lowest BCUT2D eigenvalue weighted by atomic mass is 10.0. The van der Waals surface area contributed by atoms with E-state index in [9.17, 15) is 19.8 Å². The Bertz CT molecular complexity index is 1500. The minimum absolute atomic E-state index is 0.154. The molecule has 4 aromatic rings. The molecule has 168 valence electrons. The van der Waals surface area contributed by atoms with Crippen molar-refractivity contribution < 1.29 is 15.0 Å². The molecule has 12 nitrogen and oxygen atoms in total. The number of hydrogen-bond acceptors (Lipinski definition) is 8. The van der Waals surface area contributed by atoms with Gasteiger partial charge in [0, 0.05) is 5.22 Å². The van der Waals surface area contributed by atoms with Crippen LogP contribution in [0.4, 0.5) is 5.95 Å². The first-order chi connectivity index (χ1) is 16.0. The molecular weight excluding hydrogens is 428 g/mol. The molecule has 0 radical (unpaired) electrons. The minimum Gasteiger partial charge on any atom is -0.493 e. The van der Waals surface area contributed by atoms with Crippen molar-refractivity contribution in [2.45, 2.75) is 31.3 Å². The molecule has 3 aromatic heterocycles. The van der Waals surface area contributed by atoms with Crippen molar-refractivity contribution in [1.29, 1.82) is 0 Å². The number of benzene rings is 1. The summed E-state index contributed by atoms with van der Waals surface area (Å²) >= 11 is 0. The first kappa shape index (κ1) is 20.4. The quantitative estimate of drug-likeness (QED) is 0.264. The van der Waals surface area contributed by atoms with Gasteiger partial charge in [-0.15, -0.1) is 0 Å². The molecule has 0 spiro atoms. The van der Waals surface area contributed by atoms with Gasteiger partial charge in [-0.1, -0.05) is 30.3 Å². The molecule has 0 bridgehead atoms. The first-order valence-electron chi connectivity index (χ1n) is 10.3. The third-order valence-electron chi connectivity index (χ3n) is 5.14.